The Bertz CT molecular complexity index is 718. The zero-order valence-corrected chi connectivity index (χ0v) is 15.3. The molecule has 2 aromatic rings. The topological polar surface area (TPSA) is 32.3 Å². The first kappa shape index (κ1) is 20.3. The van der Waals surface area contributed by atoms with Gasteiger partial charge in [0.05, 0.1) is 6.54 Å². The van der Waals surface area contributed by atoms with Crippen LogP contribution in [0.4, 0.5) is 14.5 Å². The van der Waals surface area contributed by atoms with E-state index in [1.807, 2.05) is 0 Å². The van der Waals surface area contributed by atoms with Gasteiger partial charge in [0.1, 0.15) is 11.6 Å². The fourth-order valence-electron chi connectivity index (χ4n) is 3.16. The molecule has 1 unspecified atom stereocenters. The van der Waals surface area contributed by atoms with Crippen LogP contribution in [-0.2, 0) is 11.3 Å². The third-order valence-electron chi connectivity index (χ3n) is 4.65. The number of halogens is 3. The van der Waals surface area contributed by atoms with Crippen LogP contribution < -0.4 is 10.2 Å². The second kappa shape index (κ2) is 9.64. The molecule has 1 aliphatic rings. The molecule has 0 aliphatic carbocycles. The maximum Gasteiger partial charge on any atom is 0.227 e. The van der Waals surface area contributed by atoms with Crippen molar-refractivity contribution >= 4 is 24.0 Å². The van der Waals surface area contributed by atoms with Gasteiger partial charge in [-0.2, -0.15) is 0 Å². The lowest BCUT2D eigenvalue weighted by Crippen LogP contribution is -2.31. The SMILES string of the molecule is Cl.O=C(CCC1CCNC1)N(Cc1ccccc1F)c1ccc(F)cc1. The lowest BCUT2D eigenvalue weighted by molar-refractivity contribution is -0.119. The number of nitrogens with zero attached hydrogens (tertiary/aromatic N) is 1. The Morgan fingerprint density at radius 3 is 2.50 bits per heavy atom. The Morgan fingerprint density at radius 2 is 1.85 bits per heavy atom. The van der Waals surface area contributed by atoms with E-state index < -0.39 is 0 Å². The van der Waals surface area contributed by atoms with Crippen LogP contribution in [0.2, 0.25) is 0 Å². The maximum atomic E-state index is 14.0. The molecule has 1 aliphatic heterocycles. The minimum absolute atomic E-state index is 0. The molecule has 1 fully saturated rings. The van der Waals surface area contributed by atoms with Crippen LogP contribution >= 0.6 is 12.4 Å². The summed E-state index contributed by atoms with van der Waals surface area (Å²) in [6, 6.07) is 12.2. The van der Waals surface area contributed by atoms with Crippen molar-refractivity contribution < 1.29 is 13.6 Å². The number of rotatable bonds is 6. The lowest BCUT2D eigenvalue weighted by Gasteiger charge is -2.24. The average molecular weight is 381 g/mol. The van der Waals surface area contributed by atoms with Gasteiger partial charge in [0, 0.05) is 17.7 Å². The first-order valence-corrected chi connectivity index (χ1v) is 8.63. The van der Waals surface area contributed by atoms with Gasteiger partial charge in [-0.05, 0) is 62.2 Å². The Hall–Kier alpha value is -1.98. The van der Waals surface area contributed by atoms with E-state index in [2.05, 4.69) is 5.32 Å². The molecule has 3 nitrogen and oxygen atoms in total. The van der Waals surface area contributed by atoms with Crippen molar-refractivity contribution in [2.45, 2.75) is 25.8 Å². The smallest absolute Gasteiger partial charge is 0.227 e. The first-order chi connectivity index (χ1) is 12.1. The largest absolute Gasteiger partial charge is 0.316 e. The third kappa shape index (κ3) is 5.26. The van der Waals surface area contributed by atoms with Crippen molar-refractivity contribution in [2.75, 3.05) is 18.0 Å². The highest BCUT2D eigenvalue weighted by atomic mass is 35.5. The summed E-state index contributed by atoms with van der Waals surface area (Å²) in [6.07, 6.45) is 2.29. The zero-order valence-electron chi connectivity index (χ0n) is 14.5. The normalized spacial score (nSPS) is 16.2. The predicted octanol–water partition coefficient (Wildman–Crippen LogP) is 4.31. The zero-order chi connectivity index (χ0) is 17.6. The van der Waals surface area contributed by atoms with E-state index in [0.29, 0.717) is 23.6 Å². The van der Waals surface area contributed by atoms with Gasteiger partial charge in [0.2, 0.25) is 5.91 Å². The average Bonchev–Trinajstić information content (AvgIpc) is 3.13. The van der Waals surface area contributed by atoms with Crippen molar-refractivity contribution in [1.29, 1.82) is 0 Å². The van der Waals surface area contributed by atoms with Crippen molar-refractivity contribution in [3.05, 3.63) is 65.7 Å². The molecule has 1 atom stereocenters. The van der Waals surface area contributed by atoms with Crippen LogP contribution in [0, 0.1) is 17.6 Å². The van der Waals surface area contributed by atoms with Gasteiger partial charge in [0.25, 0.3) is 0 Å². The highest BCUT2D eigenvalue weighted by molar-refractivity contribution is 5.93. The van der Waals surface area contributed by atoms with Crippen molar-refractivity contribution in [2.24, 2.45) is 5.92 Å². The monoisotopic (exact) mass is 380 g/mol. The Labute approximate surface area is 158 Å². The number of amides is 1. The summed E-state index contributed by atoms with van der Waals surface area (Å²) in [7, 11) is 0. The van der Waals surface area contributed by atoms with Gasteiger partial charge in [0.15, 0.2) is 0 Å². The molecule has 0 spiro atoms. The molecule has 2 aromatic carbocycles. The quantitative estimate of drug-likeness (QED) is 0.809. The third-order valence-corrected chi connectivity index (χ3v) is 4.65. The molecule has 0 radical (unpaired) electrons. The Morgan fingerprint density at radius 1 is 1.12 bits per heavy atom. The summed E-state index contributed by atoms with van der Waals surface area (Å²) < 4.78 is 27.2. The highest BCUT2D eigenvalue weighted by Gasteiger charge is 2.21. The molecule has 1 amide bonds. The molecule has 0 bridgehead atoms. The van der Waals surface area contributed by atoms with Crippen LogP contribution in [0.5, 0.6) is 0 Å². The van der Waals surface area contributed by atoms with E-state index >= 15 is 0 Å². The predicted molar refractivity (Wildman–Crippen MR) is 101 cm³/mol. The summed E-state index contributed by atoms with van der Waals surface area (Å²) in [5, 5.41) is 3.29. The second-order valence-corrected chi connectivity index (χ2v) is 6.45. The molecule has 3 rings (SSSR count). The van der Waals surface area contributed by atoms with Crippen molar-refractivity contribution in [3.63, 3.8) is 0 Å². The molecule has 1 N–H and O–H groups in total. The van der Waals surface area contributed by atoms with Crippen LogP contribution in [0.1, 0.15) is 24.8 Å². The molecule has 140 valence electrons. The van der Waals surface area contributed by atoms with E-state index in [-0.39, 0.29) is 36.5 Å². The highest BCUT2D eigenvalue weighted by Crippen LogP contribution is 2.22. The van der Waals surface area contributed by atoms with Crippen LogP contribution in [0.25, 0.3) is 0 Å². The number of carbonyl (C=O) groups excluding carboxylic acids is 1. The molecule has 1 heterocycles. The number of carbonyl (C=O) groups is 1. The Kier molecular flexibility index (Phi) is 7.54. The minimum atomic E-state index is -0.362. The fourth-order valence-corrected chi connectivity index (χ4v) is 3.16. The summed E-state index contributed by atoms with van der Waals surface area (Å²) >= 11 is 0. The number of hydrogen-bond acceptors (Lipinski definition) is 2. The molecule has 26 heavy (non-hydrogen) atoms. The van der Waals surface area contributed by atoms with Gasteiger partial charge < -0.3 is 10.2 Å². The summed E-state index contributed by atoms with van der Waals surface area (Å²) in [5.41, 5.74) is 1.03. The van der Waals surface area contributed by atoms with Gasteiger partial charge in [-0.15, -0.1) is 12.4 Å². The summed E-state index contributed by atoms with van der Waals surface area (Å²) in [6.45, 7) is 2.08. The van der Waals surface area contributed by atoms with E-state index in [0.717, 1.165) is 25.9 Å². The number of nitrogens with one attached hydrogen (secondary N) is 1. The lowest BCUT2D eigenvalue weighted by atomic mass is 10.0. The van der Waals surface area contributed by atoms with Gasteiger partial charge in [-0.3, -0.25) is 4.79 Å². The molecule has 0 aromatic heterocycles. The van der Waals surface area contributed by atoms with Crippen molar-refractivity contribution in [1.82, 2.24) is 5.32 Å². The fraction of sp³-hybridized carbons (Fsp3) is 0.350. The maximum absolute atomic E-state index is 14.0. The first-order valence-electron chi connectivity index (χ1n) is 8.63. The van der Waals surface area contributed by atoms with Crippen LogP contribution in [-0.4, -0.2) is 19.0 Å². The Balaban J connectivity index is 0.00000243. The molecule has 0 saturated carbocycles. The van der Waals surface area contributed by atoms with Crippen LogP contribution in [0.3, 0.4) is 0 Å². The summed E-state index contributed by atoms with van der Waals surface area (Å²) in [5.74, 6) is -0.268. The van der Waals surface area contributed by atoms with Gasteiger partial charge in [-0.25, -0.2) is 8.78 Å². The second-order valence-electron chi connectivity index (χ2n) is 6.45. The number of hydrogen-bond donors (Lipinski definition) is 1. The van der Waals surface area contributed by atoms with Crippen molar-refractivity contribution in [3.8, 4) is 0 Å². The van der Waals surface area contributed by atoms with E-state index in [9.17, 15) is 13.6 Å². The number of anilines is 1. The molecular formula is C20H23ClF2N2O. The molecule has 1 saturated heterocycles. The standard InChI is InChI=1S/C20H22F2N2O.ClH/c21-17-6-8-18(9-7-17)24(14-16-3-1-2-4-19(16)22)20(25)10-5-15-11-12-23-13-15;/h1-4,6-9,15,23H,5,10-14H2;1H. The molecule has 6 heteroatoms. The number of benzene rings is 2. The summed E-state index contributed by atoms with van der Waals surface area (Å²) in [4.78, 5) is 14.3. The molecular weight excluding hydrogens is 358 g/mol. The van der Waals surface area contributed by atoms with E-state index in [1.54, 1.807) is 35.2 Å². The van der Waals surface area contributed by atoms with Gasteiger partial charge >= 0.3 is 0 Å². The van der Waals surface area contributed by atoms with E-state index in [1.165, 1.54) is 18.2 Å². The van der Waals surface area contributed by atoms with Gasteiger partial charge in [-0.1, -0.05) is 18.2 Å². The van der Waals surface area contributed by atoms with E-state index in [4.69, 9.17) is 0 Å². The van der Waals surface area contributed by atoms with Crippen LogP contribution in [0.15, 0.2) is 48.5 Å². The minimum Gasteiger partial charge on any atom is -0.316 e.